The molecule has 0 fully saturated rings. The second-order valence-electron chi connectivity index (χ2n) is 6.03. The molecule has 0 saturated heterocycles. The zero-order valence-corrected chi connectivity index (χ0v) is 14.0. The zero-order valence-electron chi connectivity index (χ0n) is 14.0. The lowest BCUT2D eigenvalue weighted by Crippen LogP contribution is -2.38. The summed E-state index contributed by atoms with van der Waals surface area (Å²) in [5.74, 6) is -0.373. The van der Waals surface area contributed by atoms with Crippen molar-refractivity contribution >= 4 is 17.8 Å². The standard InChI is InChI=1S/C19H18F3N3O/c20-19(21,22)16-9-3-1-7-15(16)12-23-24-18(26)13-25-11-5-8-14-6-2-4-10-17(14)25/h1-4,6-7,9-10,12H,5,8,11,13H2,(H,24,26). The Balaban J connectivity index is 1.63. The van der Waals surface area contributed by atoms with Crippen molar-refractivity contribution in [3.8, 4) is 0 Å². The molecule has 0 bridgehead atoms. The molecule has 26 heavy (non-hydrogen) atoms. The van der Waals surface area contributed by atoms with Gasteiger partial charge in [-0.05, 0) is 30.5 Å². The van der Waals surface area contributed by atoms with Gasteiger partial charge in [-0.3, -0.25) is 4.79 Å². The van der Waals surface area contributed by atoms with Crippen LogP contribution in [0.2, 0.25) is 0 Å². The normalized spacial score (nSPS) is 14.3. The SMILES string of the molecule is O=C(CN1CCCc2ccccc21)NN=Cc1ccccc1C(F)(F)F. The minimum Gasteiger partial charge on any atom is -0.362 e. The summed E-state index contributed by atoms with van der Waals surface area (Å²) in [6.45, 7) is 0.861. The highest BCUT2D eigenvalue weighted by molar-refractivity contribution is 5.86. The Morgan fingerprint density at radius 2 is 1.88 bits per heavy atom. The maximum atomic E-state index is 12.9. The molecule has 1 N–H and O–H groups in total. The van der Waals surface area contributed by atoms with Crippen molar-refractivity contribution in [1.29, 1.82) is 0 Å². The molecule has 3 rings (SSSR count). The van der Waals surface area contributed by atoms with E-state index in [0.717, 1.165) is 37.4 Å². The van der Waals surface area contributed by atoms with Gasteiger partial charge in [0.15, 0.2) is 0 Å². The van der Waals surface area contributed by atoms with Gasteiger partial charge in [0, 0.05) is 17.8 Å². The maximum absolute atomic E-state index is 12.9. The fraction of sp³-hybridized carbons (Fsp3) is 0.263. The molecule has 4 nitrogen and oxygen atoms in total. The molecule has 2 aromatic carbocycles. The Morgan fingerprint density at radius 1 is 1.15 bits per heavy atom. The minimum absolute atomic E-state index is 0.0939. The highest BCUT2D eigenvalue weighted by Crippen LogP contribution is 2.31. The highest BCUT2D eigenvalue weighted by atomic mass is 19.4. The number of nitrogens with zero attached hydrogens (tertiary/aromatic N) is 2. The number of halogens is 3. The Hall–Kier alpha value is -2.83. The first kappa shape index (κ1) is 18.0. The number of alkyl halides is 3. The lowest BCUT2D eigenvalue weighted by atomic mass is 10.0. The molecule has 0 aromatic heterocycles. The Morgan fingerprint density at radius 3 is 2.69 bits per heavy atom. The second kappa shape index (κ2) is 7.59. The van der Waals surface area contributed by atoms with E-state index in [9.17, 15) is 18.0 Å². The minimum atomic E-state index is -4.47. The first-order valence-corrected chi connectivity index (χ1v) is 8.26. The average Bonchev–Trinajstić information content (AvgIpc) is 2.62. The van der Waals surface area contributed by atoms with E-state index in [1.54, 1.807) is 0 Å². The predicted octanol–water partition coefficient (Wildman–Crippen LogP) is 3.61. The molecule has 136 valence electrons. The third-order valence-electron chi connectivity index (χ3n) is 4.20. The van der Waals surface area contributed by atoms with Gasteiger partial charge in [-0.2, -0.15) is 18.3 Å². The van der Waals surface area contributed by atoms with Gasteiger partial charge in [0.25, 0.3) is 5.91 Å². The van der Waals surface area contributed by atoms with Crippen molar-refractivity contribution in [2.45, 2.75) is 19.0 Å². The fourth-order valence-electron chi connectivity index (χ4n) is 3.03. The Kier molecular flexibility index (Phi) is 5.25. The number of aryl methyl sites for hydroxylation is 1. The number of carbonyl (C=O) groups excluding carboxylic acids is 1. The molecule has 0 aliphatic carbocycles. The largest absolute Gasteiger partial charge is 0.417 e. The van der Waals surface area contributed by atoms with Crippen molar-refractivity contribution in [2.75, 3.05) is 18.0 Å². The molecule has 0 radical (unpaired) electrons. The summed E-state index contributed by atoms with van der Waals surface area (Å²) in [5.41, 5.74) is 3.63. The number of amides is 1. The molecule has 2 aromatic rings. The van der Waals surface area contributed by atoms with E-state index in [4.69, 9.17) is 0 Å². The van der Waals surface area contributed by atoms with Crippen LogP contribution < -0.4 is 10.3 Å². The van der Waals surface area contributed by atoms with E-state index in [1.165, 1.54) is 23.8 Å². The number of anilines is 1. The van der Waals surface area contributed by atoms with Gasteiger partial charge < -0.3 is 4.90 Å². The molecule has 0 saturated carbocycles. The number of para-hydroxylation sites is 1. The van der Waals surface area contributed by atoms with Gasteiger partial charge in [-0.25, -0.2) is 5.43 Å². The summed E-state index contributed by atoms with van der Waals surface area (Å²) in [4.78, 5) is 14.1. The van der Waals surface area contributed by atoms with Crippen LogP contribution in [0.25, 0.3) is 0 Å². The number of rotatable bonds is 4. The van der Waals surface area contributed by atoms with Gasteiger partial charge in [-0.1, -0.05) is 36.4 Å². The van der Waals surface area contributed by atoms with Crippen molar-refractivity contribution in [2.24, 2.45) is 5.10 Å². The van der Waals surface area contributed by atoms with Crippen molar-refractivity contribution < 1.29 is 18.0 Å². The van der Waals surface area contributed by atoms with Gasteiger partial charge in [-0.15, -0.1) is 0 Å². The quantitative estimate of drug-likeness (QED) is 0.668. The molecule has 1 aliphatic rings. The predicted molar refractivity (Wildman–Crippen MR) is 94.2 cm³/mol. The summed E-state index contributed by atoms with van der Waals surface area (Å²) in [7, 11) is 0. The van der Waals surface area contributed by atoms with Crippen LogP contribution in [0.4, 0.5) is 18.9 Å². The van der Waals surface area contributed by atoms with E-state index in [-0.39, 0.29) is 18.0 Å². The summed E-state index contributed by atoms with van der Waals surface area (Å²) >= 11 is 0. The summed E-state index contributed by atoms with van der Waals surface area (Å²) in [5, 5.41) is 3.69. The van der Waals surface area contributed by atoms with Crippen LogP contribution in [0.3, 0.4) is 0 Å². The summed E-state index contributed by atoms with van der Waals surface area (Å²) < 4.78 is 38.8. The van der Waals surface area contributed by atoms with Gasteiger partial charge in [0.05, 0.1) is 18.3 Å². The third-order valence-corrected chi connectivity index (χ3v) is 4.20. The van der Waals surface area contributed by atoms with Gasteiger partial charge in [0.1, 0.15) is 0 Å². The van der Waals surface area contributed by atoms with Gasteiger partial charge in [0.2, 0.25) is 0 Å². The highest BCUT2D eigenvalue weighted by Gasteiger charge is 2.32. The van der Waals surface area contributed by atoms with E-state index >= 15 is 0 Å². The van der Waals surface area contributed by atoms with E-state index in [2.05, 4.69) is 10.5 Å². The Bertz CT molecular complexity index is 818. The number of benzene rings is 2. The molecule has 0 atom stereocenters. The van der Waals surface area contributed by atoms with Crippen molar-refractivity contribution in [3.05, 3.63) is 65.2 Å². The Labute approximate surface area is 149 Å². The first-order valence-electron chi connectivity index (χ1n) is 8.26. The third kappa shape index (κ3) is 4.22. The molecule has 1 heterocycles. The number of hydrazone groups is 1. The lowest BCUT2D eigenvalue weighted by Gasteiger charge is -2.30. The number of fused-ring (bicyclic) bond motifs is 1. The molecule has 1 amide bonds. The molecule has 0 spiro atoms. The zero-order chi connectivity index (χ0) is 18.6. The second-order valence-corrected chi connectivity index (χ2v) is 6.03. The van der Waals surface area contributed by atoms with Crippen LogP contribution in [0.15, 0.2) is 53.6 Å². The maximum Gasteiger partial charge on any atom is 0.417 e. The van der Waals surface area contributed by atoms with E-state index in [1.807, 2.05) is 29.2 Å². The van der Waals surface area contributed by atoms with Crippen molar-refractivity contribution in [3.63, 3.8) is 0 Å². The number of hydrogen-bond acceptors (Lipinski definition) is 3. The molecule has 7 heteroatoms. The number of hydrogen-bond donors (Lipinski definition) is 1. The van der Waals surface area contributed by atoms with Crippen LogP contribution in [0.5, 0.6) is 0 Å². The number of carbonyl (C=O) groups is 1. The van der Waals surface area contributed by atoms with E-state index in [0.29, 0.717) is 0 Å². The summed E-state index contributed by atoms with van der Waals surface area (Å²) in [6.07, 6.45) is -1.53. The van der Waals surface area contributed by atoms with Crippen LogP contribution in [-0.2, 0) is 17.4 Å². The topological polar surface area (TPSA) is 44.7 Å². The van der Waals surface area contributed by atoms with E-state index < -0.39 is 11.7 Å². The molecule has 1 aliphatic heterocycles. The average molecular weight is 361 g/mol. The molecular formula is C19H18F3N3O. The van der Waals surface area contributed by atoms with Crippen LogP contribution in [0, 0.1) is 0 Å². The smallest absolute Gasteiger partial charge is 0.362 e. The molecule has 0 unspecified atom stereocenters. The van der Waals surface area contributed by atoms with Gasteiger partial charge >= 0.3 is 6.18 Å². The first-order chi connectivity index (χ1) is 12.4. The van der Waals surface area contributed by atoms with Crippen LogP contribution >= 0.6 is 0 Å². The fourth-order valence-corrected chi connectivity index (χ4v) is 3.03. The van der Waals surface area contributed by atoms with Crippen LogP contribution in [0.1, 0.15) is 23.1 Å². The lowest BCUT2D eigenvalue weighted by molar-refractivity contribution is -0.137. The van der Waals surface area contributed by atoms with Crippen LogP contribution in [-0.4, -0.2) is 25.2 Å². The number of nitrogens with one attached hydrogen (secondary N) is 1. The summed E-state index contributed by atoms with van der Waals surface area (Å²) in [6, 6.07) is 13.0. The van der Waals surface area contributed by atoms with Crippen molar-refractivity contribution in [1.82, 2.24) is 5.43 Å². The molecular weight excluding hydrogens is 343 g/mol. The monoisotopic (exact) mass is 361 g/mol.